The molecule has 0 bridgehead atoms. The molecule has 1 aromatic rings. The molecule has 23 heavy (non-hydrogen) atoms. The van der Waals surface area contributed by atoms with Crippen LogP contribution < -0.4 is 4.74 Å². The van der Waals surface area contributed by atoms with Crippen LogP contribution in [0, 0.1) is 0 Å². The van der Waals surface area contributed by atoms with Crippen molar-refractivity contribution < 1.29 is 19.1 Å². The second kappa shape index (κ2) is 6.71. The maximum absolute atomic E-state index is 12.6. The van der Waals surface area contributed by atoms with Gasteiger partial charge in [-0.25, -0.2) is 0 Å². The summed E-state index contributed by atoms with van der Waals surface area (Å²) < 4.78 is 11.6. The Morgan fingerprint density at radius 3 is 2.70 bits per heavy atom. The van der Waals surface area contributed by atoms with Crippen LogP contribution in [0.1, 0.15) is 45.0 Å². The molecule has 2 atom stereocenters. The third-order valence-electron chi connectivity index (χ3n) is 3.78. The number of nitrogens with zero attached hydrogens (tertiary/aromatic N) is 1. The first kappa shape index (κ1) is 17.5. The van der Waals surface area contributed by atoms with Gasteiger partial charge in [-0.05, 0) is 46.8 Å². The average molecular weight is 319 g/mol. The van der Waals surface area contributed by atoms with Gasteiger partial charge in [0.05, 0.1) is 11.7 Å². The minimum Gasteiger partial charge on any atom is -0.481 e. The van der Waals surface area contributed by atoms with Gasteiger partial charge >= 0.3 is 0 Å². The molecule has 1 aliphatic rings. The standard InChI is InChI=1S/C18H25NO4/c1-12-10-19(11-18(4,5)23-12)17(21)14(3)22-16-8-6-7-15(9-16)13(2)20/h6-9,12,14H,10-11H2,1-5H3/t12-,14+/m1/s1. The van der Waals surface area contributed by atoms with E-state index in [9.17, 15) is 9.59 Å². The van der Waals surface area contributed by atoms with Crippen LogP contribution in [-0.4, -0.2) is 47.5 Å². The van der Waals surface area contributed by atoms with E-state index in [-0.39, 0.29) is 23.4 Å². The van der Waals surface area contributed by atoms with Crippen molar-refractivity contribution in [2.45, 2.75) is 52.4 Å². The first-order valence-corrected chi connectivity index (χ1v) is 7.92. The fraction of sp³-hybridized carbons (Fsp3) is 0.556. The molecule has 1 fully saturated rings. The number of benzene rings is 1. The summed E-state index contributed by atoms with van der Waals surface area (Å²) in [5.41, 5.74) is 0.213. The van der Waals surface area contributed by atoms with Crippen molar-refractivity contribution in [2.75, 3.05) is 13.1 Å². The molecule has 0 unspecified atom stereocenters. The third-order valence-corrected chi connectivity index (χ3v) is 3.78. The van der Waals surface area contributed by atoms with Crippen LogP contribution in [0.5, 0.6) is 5.75 Å². The van der Waals surface area contributed by atoms with Crippen molar-refractivity contribution in [1.82, 2.24) is 4.90 Å². The minimum atomic E-state index is -0.613. The highest BCUT2D eigenvalue weighted by atomic mass is 16.5. The number of ketones is 1. The second-order valence-corrected chi connectivity index (χ2v) is 6.75. The molecule has 1 amide bonds. The zero-order chi connectivity index (χ0) is 17.2. The van der Waals surface area contributed by atoms with E-state index in [0.717, 1.165) is 0 Å². The molecule has 126 valence electrons. The van der Waals surface area contributed by atoms with E-state index in [4.69, 9.17) is 9.47 Å². The Balaban J connectivity index is 2.05. The number of ether oxygens (including phenoxy) is 2. The van der Waals surface area contributed by atoms with Crippen molar-refractivity contribution in [3.63, 3.8) is 0 Å². The van der Waals surface area contributed by atoms with E-state index in [1.54, 1.807) is 36.1 Å². The highest BCUT2D eigenvalue weighted by molar-refractivity contribution is 5.94. The number of hydrogen-bond acceptors (Lipinski definition) is 4. The number of morpholine rings is 1. The van der Waals surface area contributed by atoms with E-state index >= 15 is 0 Å². The van der Waals surface area contributed by atoms with Crippen LogP contribution >= 0.6 is 0 Å². The first-order valence-electron chi connectivity index (χ1n) is 7.92. The Morgan fingerprint density at radius 2 is 2.09 bits per heavy atom. The zero-order valence-electron chi connectivity index (χ0n) is 14.5. The van der Waals surface area contributed by atoms with Crippen LogP contribution in [0.2, 0.25) is 0 Å². The van der Waals surface area contributed by atoms with Gasteiger partial charge in [0.15, 0.2) is 11.9 Å². The van der Waals surface area contributed by atoms with Gasteiger partial charge in [-0.3, -0.25) is 9.59 Å². The topological polar surface area (TPSA) is 55.8 Å². The molecule has 0 aliphatic carbocycles. The fourth-order valence-electron chi connectivity index (χ4n) is 2.92. The van der Waals surface area contributed by atoms with Crippen molar-refractivity contribution in [2.24, 2.45) is 0 Å². The Morgan fingerprint density at radius 1 is 1.39 bits per heavy atom. The van der Waals surface area contributed by atoms with Crippen molar-refractivity contribution >= 4 is 11.7 Å². The molecule has 1 aliphatic heterocycles. The minimum absolute atomic E-state index is 0.00376. The summed E-state index contributed by atoms with van der Waals surface area (Å²) in [6, 6.07) is 6.90. The molecular weight excluding hydrogens is 294 g/mol. The molecule has 0 radical (unpaired) electrons. The molecule has 1 saturated heterocycles. The van der Waals surface area contributed by atoms with Gasteiger partial charge in [0.2, 0.25) is 0 Å². The van der Waals surface area contributed by atoms with Gasteiger partial charge in [-0.15, -0.1) is 0 Å². The number of carbonyl (C=O) groups excluding carboxylic acids is 2. The molecule has 2 rings (SSSR count). The highest BCUT2D eigenvalue weighted by Crippen LogP contribution is 2.22. The van der Waals surface area contributed by atoms with Crippen molar-refractivity contribution in [3.8, 4) is 5.75 Å². The predicted octanol–water partition coefficient (Wildman–Crippen LogP) is 2.68. The summed E-state index contributed by atoms with van der Waals surface area (Å²) in [5.74, 6) is 0.429. The summed E-state index contributed by atoms with van der Waals surface area (Å²) in [4.78, 5) is 25.8. The number of rotatable bonds is 4. The van der Waals surface area contributed by atoms with E-state index in [1.807, 2.05) is 20.8 Å². The maximum atomic E-state index is 12.6. The number of carbonyl (C=O) groups is 2. The normalized spacial score (nSPS) is 21.6. The van der Waals surface area contributed by atoms with E-state index in [0.29, 0.717) is 24.4 Å². The predicted molar refractivity (Wildman–Crippen MR) is 87.7 cm³/mol. The fourth-order valence-corrected chi connectivity index (χ4v) is 2.92. The van der Waals surface area contributed by atoms with Crippen molar-refractivity contribution in [3.05, 3.63) is 29.8 Å². The summed E-state index contributed by atoms with van der Waals surface area (Å²) in [6.07, 6.45) is -0.616. The molecule has 1 heterocycles. The van der Waals surface area contributed by atoms with Crippen LogP contribution in [0.25, 0.3) is 0 Å². The van der Waals surface area contributed by atoms with Crippen LogP contribution in [0.3, 0.4) is 0 Å². The number of Topliss-reactive ketones (excluding diaryl/α,β-unsaturated/α-hetero) is 1. The Labute approximate surface area is 137 Å². The molecule has 0 spiro atoms. The van der Waals surface area contributed by atoms with Crippen molar-refractivity contribution in [1.29, 1.82) is 0 Å². The molecule has 1 aromatic carbocycles. The SMILES string of the molecule is CC(=O)c1cccc(O[C@@H](C)C(=O)N2C[C@@H](C)OC(C)(C)C2)c1. The van der Waals surface area contributed by atoms with Gasteiger partial charge in [0.25, 0.3) is 5.91 Å². The van der Waals surface area contributed by atoms with Gasteiger partial charge in [0, 0.05) is 18.7 Å². The lowest BCUT2D eigenvalue weighted by molar-refractivity contribution is -0.163. The monoisotopic (exact) mass is 319 g/mol. The second-order valence-electron chi connectivity index (χ2n) is 6.75. The zero-order valence-corrected chi connectivity index (χ0v) is 14.5. The molecule has 0 saturated carbocycles. The summed E-state index contributed by atoms with van der Waals surface area (Å²) in [6.45, 7) is 10.3. The van der Waals surface area contributed by atoms with E-state index in [1.165, 1.54) is 6.92 Å². The van der Waals surface area contributed by atoms with Crippen LogP contribution in [0.15, 0.2) is 24.3 Å². The van der Waals surface area contributed by atoms with Gasteiger partial charge in [-0.1, -0.05) is 12.1 Å². The van der Waals surface area contributed by atoms with Gasteiger partial charge in [0.1, 0.15) is 5.75 Å². The Kier molecular flexibility index (Phi) is 5.09. The van der Waals surface area contributed by atoms with Crippen LogP contribution in [0.4, 0.5) is 0 Å². The smallest absolute Gasteiger partial charge is 0.263 e. The molecular formula is C18H25NO4. The number of hydrogen-bond donors (Lipinski definition) is 0. The van der Waals surface area contributed by atoms with Gasteiger partial charge < -0.3 is 14.4 Å². The molecule has 5 nitrogen and oxygen atoms in total. The Bertz CT molecular complexity index is 596. The highest BCUT2D eigenvalue weighted by Gasteiger charge is 2.35. The third kappa shape index (κ3) is 4.55. The summed E-state index contributed by atoms with van der Waals surface area (Å²) >= 11 is 0. The van der Waals surface area contributed by atoms with Crippen LogP contribution in [-0.2, 0) is 9.53 Å². The summed E-state index contributed by atoms with van der Waals surface area (Å²) in [5, 5.41) is 0. The lowest BCUT2D eigenvalue weighted by atomic mass is 10.0. The Hall–Kier alpha value is -1.88. The first-order chi connectivity index (χ1) is 10.7. The lowest BCUT2D eigenvalue weighted by Gasteiger charge is -2.42. The molecule has 0 N–H and O–H groups in total. The van der Waals surface area contributed by atoms with Gasteiger partial charge in [-0.2, -0.15) is 0 Å². The summed E-state index contributed by atoms with van der Waals surface area (Å²) in [7, 11) is 0. The maximum Gasteiger partial charge on any atom is 0.263 e. The average Bonchev–Trinajstić information content (AvgIpc) is 2.44. The largest absolute Gasteiger partial charge is 0.481 e. The van der Waals surface area contributed by atoms with E-state index < -0.39 is 6.10 Å². The lowest BCUT2D eigenvalue weighted by Crippen LogP contribution is -2.56. The number of amides is 1. The molecule has 0 aromatic heterocycles. The molecule has 5 heteroatoms. The van der Waals surface area contributed by atoms with E-state index in [2.05, 4.69) is 0 Å². The quantitative estimate of drug-likeness (QED) is 0.801.